The number of rotatable bonds is 4. The number of amides is 1. The minimum absolute atomic E-state index is 0.0760. The second-order valence-electron chi connectivity index (χ2n) is 6.64. The zero-order chi connectivity index (χ0) is 13.7. The van der Waals surface area contributed by atoms with Crippen molar-refractivity contribution >= 4 is 17.2 Å². The summed E-state index contributed by atoms with van der Waals surface area (Å²) in [6, 6.07) is 2.13. The second kappa shape index (κ2) is 4.32. The Morgan fingerprint density at radius 3 is 2.79 bits per heavy atom. The fourth-order valence-electron chi connectivity index (χ4n) is 2.71. The molecule has 1 unspecified atom stereocenters. The summed E-state index contributed by atoms with van der Waals surface area (Å²) in [6.07, 6.45) is 3.15. The smallest absolute Gasteiger partial charge is 0.244 e. The third kappa shape index (κ3) is 2.21. The van der Waals surface area contributed by atoms with Gasteiger partial charge in [-0.1, -0.05) is 20.8 Å². The van der Waals surface area contributed by atoms with Crippen molar-refractivity contribution in [1.82, 2.24) is 10.2 Å². The molecule has 3 rings (SSSR count). The van der Waals surface area contributed by atoms with Crippen LogP contribution in [0, 0.1) is 5.41 Å². The molecule has 4 heteroatoms. The fourth-order valence-corrected chi connectivity index (χ4v) is 3.39. The molecule has 0 bridgehead atoms. The number of nitrogens with one attached hydrogen (secondary N) is 1. The van der Waals surface area contributed by atoms with Gasteiger partial charge in [-0.2, -0.15) is 11.3 Å². The molecule has 1 N–H and O–H groups in total. The first kappa shape index (κ1) is 13.1. The number of carbonyl (C=O) groups excluding carboxylic acids is 1. The van der Waals surface area contributed by atoms with Gasteiger partial charge >= 0.3 is 0 Å². The van der Waals surface area contributed by atoms with Crippen LogP contribution in [0.1, 0.15) is 51.8 Å². The van der Waals surface area contributed by atoms with Crippen LogP contribution in [0.5, 0.6) is 0 Å². The topological polar surface area (TPSA) is 32.3 Å². The summed E-state index contributed by atoms with van der Waals surface area (Å²) in [4.78, 5) is 14.7. The highest BCUT2D eigenvalue weighted by Gasteiger charge is 2.59. The monoisotopic (exact) mass is 278 g/mol. The van der Waals surface area contributed by atoms with Crippen LogP contribution in [-0.4, -0.2) is 22.9 Å². The Bertz CT molecular complexity index is 476. The lowest BCUT2D eigenvalue weighted by Crippen LogP contribution is -2.38. The van der Waals surface area contributed by atoms with Gasteiger partial charge in [0.25, 0.3) is 0 Å². The predicted octanol–water partition coefficient (Wildman–Crippen LogP) is 3.15. The first-order valence-corrected chi connectivity index (χ1v) is 8.03. The van der Waals surface area contributed by atoms with Crippen molar-refractivity contribution in [2.75, 3.05) is 6.54 Å². The van der Waals surface area contributed by atoms with Gasteiger partial charge < -0.3 is 4.90 Å². The van der Waals surface area contributed by atoms with Crippen molar-refractivity contribution in [2.45, 2.75) is 51.7 Å². The summed E-state index contributed by atoms with van der Waals surface area (Å²) in [5.74, 6) is 0.310. The Kier molecular flexibility index (Phi) is 2.98. The van der Waals surface area contributed by atoms with E-state index >= 15 is 0 Å². The van der Waals surface area contributed by atoms with Crippen LogP contribution >= 0.6 is 11.3 Å². The van der Waals surface area contributed by atoms with E-state index in [0.717, 1.165) is 25.8 Å². The third-order valence-electron chi connectivity index (χ3n) is 4.56. The lowest BCUT2D eigenvalue weighted by Gasteiger charge is -2.32. The Hall–Kier alpha value is -0.870. The molecule has 0 aromatic carbocycles. The van der Waals surface area contributed by atoms with Crippen LogP contribution in [-0.2, 0) is 4.79 Å². The highest BCUT2D eigenvalue weighted by atomic mass is 32.1. The molecule has 1 aliphatic heterocycles. The zero-order valence-corrected chi connectivity index (χ0v) is 12.7. The van der Waals surface area contributed by atoms with Crippen molar-refractivity contribution in [2.24, 2.45) is 5.41 Å². The van der Waals surface area contributed by atoms with Crippen LogP contribution < -0.4 is 5.32 Å². The summed E-state index contributed by atoms with van der Waals surface area (Å²) >= 11 is 1.70. The normalized spacial score (nSPS) is 25.3. The molecule has 1 amide bonds. The number of hydrogen-bond donors (Lipinski definition) is 1. The largest absolute Gasteiger partial charge is 0.321 e. The first-order chi connectivity index (χ1) is 8.97. The van der Waals surface area contributed by atoms with Crippen molar-refractivity contribution in [3.63, 3.8) is 0 Å². The van der Waals surface area contributed by atoms with Crippen LogP contribution in [0.15, 0.2) is 16.8 Å². The van der Waals surface area contributed by atoms with E-state index in [1.807, 2.05) is 0 Å². The summed E-state index contributed by atoms with van der Waals surface area (Å²) < 4.78 is 0. The van der Waals surface area contributed by atoms with Crippen LogP contribution in [0.25, 0.3) is 0 Å². The van der Waals surface area contributed by atoms with Gasteiger partial charge in [-0.05, 0) is 47.1 Å². The van der Waals surface area contributed by atoms with Gasteiger partial charge in [-0.3, -0.25) is 10.1 Å². The molecule has 1 aromatic rings. The van der Waals surface area contributed by atoms with Gasteiger partial charge in [0.05, 0.1) is 0 Å². The lowest BCUT2D eigenvalue weighted by molar-refractivity contribution is -0.132. The maximum absolute atomic E-state index is 12.7. The molecular formula is C15H22N2OS. The highest BCUT2D eigenvalue weighted by molar-refractivity contribution is 7.07. The maximum Gasteiger partial charge on any atom is 0.244 e. The number of thiophene rings is 1. The predicted molar refractivity (Wildman–Crippen MR) is 77.9 cm³/mol. The molecule has 1 atom stereocenters. The summed E-state index contributed by atoms with van der Waals surface area (Å²) in [6.45, 7) is 7.50. The molecule has 2 heterocycles. The Labute approximate surface area is 119 Å². The molecule has 1 saturated heterocycles. The summed E-state index contributed by atoms with van der Waals surface area (Å²) in [7, 11) is 0. The van der Waals surface area contributed by atoms with Crippen LogP contribution in [0.3, 0.4) is 0 Å². The van der Waals surface area contributed by atoms with Gasteiger partial charge in [-0.15, -0.1) is 0 Å². The Morgan fingerprint density at radius 1 is 1.53 bits per heavy atom. The molecule has 0 radical (unpaired) electrons. The molecule has 1 aliphatic carbocycles. The standard InChI is InChI=1S/C15H22N2OS/c1-4-14(2,3)10-17-12(11-5-8-19-9-11)16-15(6-7-15)13(17)18/h5,8-9,12,16H,4,6-7,10H2,1-3H3. The molecule has 2 fully saturated rings. The molecule has 1 aromatic heterocycles. The van der Waals surface area contributed by atoms with E-state index in [2.05, 4.69) is 47.8 Å². The van der Waals surface area contributed by atoms with Gasteiger partial charge in [0.1, 0.15) is 11.7 Å². The molecule has 3 nitrogen and oxygen atoms in total. The van der Waals surface area contributed by atoms with Crippen LogP contribution in [0.2, 0.25) is 0 Å². The van der Waals surface area contributed by atoms with E-state index in [0.29, 0.717) is 5.91 Å². The fraction of sp³-hybridized carbons (Fsp3) is 0.667. The SMILES string of the molecule is CCC(C)(C)CN1C(=O)C2(CC2)NC1c1ccsc1. The van der Waals surface area contributed by atoms with Gasteiger partial charge in [0.2, 0.25) is 5.91 Å². The van der Waals surface area contributed by atoms with Crippen molar-refractivity contribution < 1.29 is 4.79 Å². The van der Waals surface area contributed by atoms with E-state index in [-0.39, 0.29) is 17.1 Å². The zero-order valence-electron chi connectivity index (χ0n) is 11.9. The van der Waals surface area contributed by atoms with E-state index in [1.165, 1.54) is 5.56 Å². The van der Waals surface area contributed by atoms with E-state index < -0.39 is 0 Å². The van der Waals surface area contributed by atoms with Gasteiger partial charge in [0.15, 0.2) is 0 Å². The minimum atomic E-state index is -0.226. The molecule has 1 spiro atoms. The average Bonchev–Trinajstić information content (AvgIpc) is 2.86. The molecular weight excluding hydrogens is 256 g/mol. The minimum Gasteiger partial charge on any atom is -0.321 e. The number of hydrogen-bond acceptors (Lipinski definition) is 3. The third-order valence-corrected chi connectivity index (χ3v) is 5.26. The van der Waals surface area contributed by atoms with Crippen molar-refractivity contribution in [3.05, 3.63) is 22.4 Å². The lowest BCUT2D eigenvalue weighted by atomic mass is 9.89. The van der Waals surface area contributed by atoms with E-state index in [1.54, 1.807) is 11.3 Å². The molecule has 1 saturated carbocycles. The molecule has 19 heavy (non-hydrogen) atoms. The van der Waals surface area contributed by atoms with Crippen molar-refractivity contribution in [3.8, 4) is 0 Å². The Morgan fingerprint density at radius 2 is 2.26 bits per heavy atom. The van der Waals surface area contributed by atoms with Gasteiger partial charge in [-0.25, -0.2) is 0 Å². The Balaban J connectivity index is 1.87. The van der Waals surface area contributed by atoms with Crippen LogP contribution in [0.4, 0.5) is 0 Å². The quantitative estimate of drug-likeness (QED) is 0.917. The number of carbonyl (C=O) groups is 1. The maximum atomic E-state index is 12.7. The molecule has 2 aliphatic rings. The summed E-state index contributed by atoms with van der Waals surface area (Å²) in [5, 5.41) is 7.81. The second-order valence-corrected chi connectivity index (χ2v) is 7.42. The van der Waals surface area contributed by atoms with E-state index in [9.17, 15) is 4.79 Å². The van der Waals surface area contributed by atoms with Gasteiger partial charge in [0, 0.05) is 6.54 Å². The average molecular weight is 278 g/mol. The molecule has 104 valence electrons. The first-order valence-electron chi connectivity index (χ1n) is 7.08. The highest BCUT2D eigenvalue weighted by Crippen LogP contribution is 2.47. The summed E-state index contributed by atoms with van der Waals surface area (Å²) in [5.41, 5.74) is 1.18. The number of nitrogens with zero attached hydrogens (tertiary/aromatic N) is 1. The van der Waals surface area contributed by atoms with E-state index in [4.69, 9.17) is 0 Å². The van der Waals surface area contributed by atoms with Crippen molar-refractivity contribution in [1.29, 1.82) is 0 Å².